The van der Waals surface area contributed by atoms with Gasteiger partial charge in [-0.1, -0.05) is 11.6 Å². The summed E-state index contributed by atoms with van der Waals surface area (Å²) >= 11 is 6.14. The second-order valence-corrected chi connectivity index (χ2v) is 10.3. The van der Waals surface area contributed by atoms with Gasteiger partial charge in [-0.15, -0.1) is 0 Å². The molecular formula is C22H27ClN4O5S. The number of aromatic nitrogens is 1. The third kappa shape index (κ3) is 5.24. The molecule has 0 bridgehead atoms. The van der Waals surface area contributed by atoms with Gasteiger partial charge >= 0.3 is 0 Å². The standard InChI is InChI=1S/C22H27ClN4O5S/c1-31-19-5-4-17(15-18(19)23)25-22(28)16-6-9-26(10-7-16)21-20(3-2-8-24-21)33(29,30)27-11-13-32-14-12-27/h2-5,8,15-16H,6-7,9-14H2,1H3,(H,25,28). The van der Waals surface area contributed by atoms with Crippen LogP contribution in [0.2, 0.25) is 5.02 Å². The van der Waals surface area contributed by atoms with E-state index in [9.17, 15) is 13.2 Å². The molecule has 2 saturated heterocycles. The van der Waals surface area contributed by atoms with Crippen molar-refractivity contribution in [1.82, 2.24) is 9.29 Å². The number of benzene rings is 1. The fraction of sp³-hybridized carbons (Fsp3) is 0.455. The van der Waals surface area contributed by atoms with Crippen LogP contribution in [0.4, 0.5) is 11.5 Å². The number of nitrogens with zero attached hydrogens (tertiary/aromatic N) is 3. The van der Waals surface area contributed by atoms with Gasteiger partial charge in [0.2, 0.25) is 15.9 Å². The maximum absolute atomic E-state index is 13.2. The number of nitrogens with one attached hydrogen (secondary N) is 1. The predicted molar refractivity (Wildman–Crippen MR) is 125 cm³/mol. The lowest BCUT2D eigenvalue weighted by Crippen LogP contribution is -2.42. The average molecular weight is 495 g/mol. The first-order valence-electron chi connectivity index (χ1n) is 10.8. The molecule has 0 unspecified atom stereocenters. The molecule has 1 aromatic carbocycles. The minimum atomic E-state index is -3.68. The number of morpholine rings is 1. The summed E-state index contributed by atoms with van der Waals surface area (Å²) < 4.78 is 38.3. The summed E-state index contributed by atoms with van der Waals surface area (Å²) in [5, 5.41) is 3.33. The zero-order valence-corrected chi connectivity index (χ0v) is 19.9. The summed E-state index contributed by atoms with van der Waals surface area (Å²) in [6.45, 7) is 2.49. The molecule has 2 aromatic rings. The molecule has 0 aliphatic carbocycles. The molecule has 11 heteroatoms. The number of amides is 1. The highest BCUT2D eigenvalue weighted by atomic mass is 35.5. The number of sulfonamides is 1. The van der Waals surface area contributed by atoms with E-state index in [1.807, 2.05) is 4.90 Å². The third-order valence-corrected chi connectivity index (χ3v) is 8.14. The molecule has 4 rings (SSSR count). The number of ether oxygens (including phenoxy) is 2. The number of methoxy groups -OCH3 is 1. The van der Waals surface area contributed by atoms with Crippen molar-refractivity contribution in [1.29, 1.82) is 0 Å². The van der Waals surface area contributed by atoms with Crippen LogP contribution in [0.5, 0.6) is 5.75 Å². The number of hydrogen-bond acceptors (Lipinski definition) is 7. The maximum atomic E-state index is 13.2. The Morgan fingerprint density at radius 2 is 1.91 bits per heavy atom. The minimum Gasteiger partial charge on any atom is -0.495 e. The van der Waals surface area contributed by atoms with Gasteiger partial charge in [-0.25, -0.2) is 13.4 Å². The summed E-state index contributed by atoms with van der Waals surface area (Å²) in [4.78, 5) is 19.3. The molecular weight excluding hydrogens is 468 g/mol. The van der Waals surface area contributed by atoms with Crippen molar-refractivity contribution in [2.45, 2.75) is 17.7 Å². The predicted octanol–water partition coefficient (Wildman–Crippen LogP) is 2.62. The number of pyridine rings is 1. The molecule has 2 aliphatic rings. The van der Waals surface area contributed by atoms with Crippen molar-refractivity contribution in [3.8, 4) is 5.75 Å². The Balaban J connectivity index is 1.42. The lowest BCUT2D eigenvalue weighted by atomic mass is 9.95. The van der Waals surface area contributed by atoms with Crippen LogP contribution in [0.3, 0.4) is 0 Å². The molecule has 0 saturated carbocycles. The first-order chi connectivity index (χ1) is 15.9. The van der Waals surface area contributed by atoms with E-state index in [0.29, 0.717) is 74.5 Å². The normalized spacial score (nSPS) is 18.2. The Kier molecular flexibility index (Phi) is 7.38. The summed E-state index contributed by atoms with van der Waals surface area (Å²) in [6.07, 6.45) is 2.77. The van der Waals surface area contributed by atoms with Crippen molar-refractivity contribution >= 4 is 39.0 Å². The van der Waals surface area contributed by atoms with E-state index in [4.69, 9.17) is 21.1 Å². The Labute approximate surface area is 198 Å². The monoisotopic (exact) mass is 494 g/mol. The first-order valence-corrected chi connectivity index (χ1v) is 12.6. The van der Waals surface area contributed by atoms with Crippen molar-refractivity contribution in [3.05, 3.63) is 41.6 Å². The summed E-state index contributed by atoms with van der Waals surface area (Å²) in [6, 6.07) is 8.34. The zero-order valence-electron chi connectivity index (χ0n) is 18.4. The molecule has 0 spiro atoms. The van der Waals surface area contributed by atoms with E-state index in [0.717, 1.165) is 0 Å². The van der Waals surface area contributed by atoms with Gasteiger partial charge in [-0.3, -0.25) is 4.79 Å². The van der Waals surface area contributed by atoms with E-state index in [2.05, 4.69) is 10.3 Å². The molecule has 1 amide bonds. The highest BCUT2D eigenvalue weighted by Crippen LogP contribution is 2.31. The number of anilines is 2. The van der Waals surface area contributed by atoms with Gasteiger partial charge in [0.05, 0.1) is 25.3 Å². The van der Waals surface area contributed by atoms with Crippen LogP contribution in [0.15, 0.2) is 41.4 Å². The molecule has 3 heterocycles. The van der Waals surface area contributed by atoms with Crippen molar-refractivity contribution in [2.75, 3.05) is 56.7 Å². The van der Waals surface area contributed by atoms with Gasteiger partial charge in [0.1, 0.15) is 16.5 Å². The number of carbonyl (C=O) groups is 1. The quantitative estimate of drug-likeness (QED) is 0.658. The van der Waals surface area contributed by atoms with E-state index < -0.39 is 10.0 Å². The number of hydrogen-bond donors (Lipinski definition) is 1. The molecule has 2 fully saturated rings. The number of carbonyl (C=O) groups excluding carboxylic acids is 1. The maximum Gasteiger partial charge on any atom is 0.246 e. The summed E-state index contributed by atoms with van der Waals surface area (Å²) in [7, 11) is -2.14. The highest BCUT2D eigenvalue weighted by Gasteiger charge is 2.33. The second-order valence-electron chi connectivity index (χ2n) is 7.94. The fourth-order valence-corrected chi connectivity index (χ4v) is 5.92. The van der Waals surface area contributed by atoms with Crippen molar-refractivity contribution < 1.29 is 22.7 Å². The summed E-state index contributed by atoms with van der Waals surface area (Å²) in [5.74, 6) is 0.703. The lowest BCUT2D eigenvalue weighted by Gasteiger charge is -2.34. The molecule has 0 atom stereocenters. The Morgan fingerprint density at radius 1 is 1.18 bits per heavy atom. The van der Waals surface area contributed by atoms with E-state index in [1.165, 1.54) is 11.4 Å². The number of halogens is 1. The van der Waals surface area contributed by atoms with E-state index >= 15 is 0 Å². The first kappa shape index (κ1) is 23.7. The van der Waals surface area contributed by atoms with E-state index in [-0.39, 0.29) is 16.7 Å². The molecule has 1 aromatic heterocycles. The second kappa shape index (κ2) is 10.3. The Morgan fingerprint density at radius 3 is 2.58 bits per heavy atom. The van der Waals surface area contributed by atoms with Crippen LogP contribution in [-0.4, -0.2) is 70.1 Å². The van der Waals surface area contributed by atoms with Crippen LogP contribution in [0.25, 0.3) is 0 Å². The van der Waals surface area contributed by atoms with Crippen LogP contribution in [0, 0.1) is 5.92 Å². The SMILES string of the molecule is COc1ccc(NC(=O)C2CCN(c3ncccc3S(=O)(=O)N3CCOCC3)CC2)cc1Cl. The smallest absolute Gasteiger partial charge is 0.246 e. The minimum absolute atomic E-state index is 0.0851. The molecule has 1 N–H and O–H groups in total. The largest absolute Gasteiger partial charge is 0.495 e. The third-order valence-electron chi connectivity index (χ3n) is 5.92. The van der Waals surface area contributed by atoms with Gasteiger partial charge in [-0.05, 0) is 43.2 Å². The average Bonchev–Trinajstić information content (AvgIpc) is 2.85. The molecule has 2 aliphatic heterocycles. The van der Waals surface area contributed by atoms with Crippen LogP contribution in [0.1, 0.15) is 12.8 Å². The van der Waals surface area contributed by atoms with Crippen molar-refractivity contribution in [3.63, 3.8) is 0 Å². The number of rotatable bonds is 6. The summed E-state index contributed by atoms with van der Waals surface area (Å²) in [5.41, 5.74) is 0.608. The molecule has 9 nitrogen and oxygen atoms in total. The zero-order chi connectivity index (χ0) is 23.4. The molecule has 33 heavy (non-hydrogen) atoms. The van der Waals surface area contributed by atoms with Gasteiger partial charge < -0.3 is 19.7 Å². The van der Waals surface area contributed by atoms with Crippen LogP contribution < -0.4 is 15.0 Å². The van der Waals surface area contributed by atoms with Crippen LogP contribution >= 0.6 is 11.6 Å². The lowest BCUT2D eigenvalue weighted by molar-refractivity contribution is -0.120. The highest BCUT2D eigenvalue weighted by molar-refractivity contribution is 7.89. The fourth-order valence-electron chi connectivity index (χ4n) is 4.09. The van der Waals surface area contributed by atoms with Gasteiger partial charge in [0.25, 0.3) is 0 Å². The topological polar surface area (TPSA) is 101 Å². The van der Waals surface area contributed by atoms with Crippen molar-refractivity contribution in [2.24, 2.45) is 5.92 Å². The van der Waals surface area contributed by atoms with Gasteiger partial charge in [0, 0.05) is 44.0 Å². The molecule has 178 valence electrons. The number of piperidine rings is 1. The van der Waals surface area contributed by atoms with Gasteiger partial charge in [-0.2, -0.15) is 4.31 Å². The Bertz CT molecular complexity index is 1100. The Hall–Kier alpha value is -2.40. The van der Waals surface area contributed by atoms with E-state index in [1.54, 1.807) is 36.5 Å². The molecule has 0 radical (unpaired) electrons. The van der Waals surface area contributed by atoms with Gasteiger partial charge in [0.15, 0.2) is 0 Å². The van der Waals surface area contributed by atoms with Crippen LogP contribution in [-0.2, 0) is 19.6 Å².